The molecule has 0 aliphatic rings. The Morgan fingerprint density at radius 3 is 2.63 bits per heavy atom. The number of pyridine rings is 1. The van der Waals surface area contributed by atoms with Gasteiger partial charge in [0.05, 0.1) is 5.56 Å². The fourth-order valence-corrected chi connectivity index (χ4v) is 1.67. The maximum atomic E-state index is 13.4. The molecule has 1 aromatic heterocycles. The maximum absolute atomic E-state index is 13.4. The van der Waals surface area contributed by atoms with Gasteiger partial charge in [0.15, 0.2) is 0 Å². The van der Waals surface area contributed by atoms with Crippen molar-refractivity contribution in [2.75, 3.05) is 7.05 Å². The highest BCUT2D eigenvalue weighted by Crippen LogP contribution is 2.08. The SMILES string of the molecule is CNC(=O)C(CC(C)C)NC(=O)c1cccnc1F. The van der Waals surface area contributed by atoms with Crippen LogP contribution in [0, 0.1) is 11.9 Å². The smallest absolute Gasteiger partial charge is 0.256 e. The Morgan fingerprint density at radius 1 is 1.42 bits per heavy atom. The predicted molar refractivity (Wildman–Crippen MR) is 69.0 cm³/mol. The number of likely N-dealkylation sites (N-methyl/N-ethyl adjacent to an activating group) is 1. The monoisotopic (exact) mass is 267 g/mol. The van der Waals surface area contributed by atoms with Gasteiger partial charge in [-0.05, 0) is 24.5 Å². The number of hydrogen-bond donors (Lipinski definition) is 2. The van der Waals surface area contributed by atoms with Gasteiger partial charge in [-0.1, -0.05) is 13.8 Å². The minimum absolute atomic E-state index is 0.167. The van der Waals surface area contributed by atoms with E-state index in [4.69, 9.17) is 0 Å². The fraction of sp³-hybridized carbons (Fsp3) is 0.462. The van der Waals surface area contributed by atoms with E-state index in [1.54, 1.807) is 0 Å². The Kier molecular flexibility index (Phi) is 5.41. The molecule has 104 valence electrons. The van der Waals surface area contributed by atoms with Gasteiger partial charge >= 0.3 is 0 Å². The van der Waals surface area contributed by atoms with E-state index >= 15 is 0 Å². The molecule has 0 saturated carbocycles. The quantitative estimate of drug-likeness (QED) is 0.785. The second kappa shape index (κ2) is 6.82. The summed E-state index contributed by atoms with van der Waals surface area (Å²) >= 11 is 0. The molecule has 0 spiro atoms. The Morgan fingerprint density at radius 2 is 2.11 bits per heavy atom. The third kappa shape index (κ3) is 4.31. The van der Waals surface area contributed by atoms with Gasteiger partial charge in [-0.3, -0.25) is 9.59 Å². The minimum atomic E-state index is -0.847. The van der Waals surface area contributed by atoms with E-state index in [0.29, 0.717) is 6.42 Å². The van der Waals surface area contributed by atoms with Crippen LogP contribution in [0.1, 0.15) is 30.6 Å². The molecule has 0 aliphatic heterocycles. The van der Waals surface area contributed by atoms with Crippen molar-refractivity contribution in [2.45, 2.75) is 26.3 Å². The fourth-order valence-electron chi connectivity index (χ4n) is 1.67. The van der Waals surface area contributed by atoms with Gasteiger partial charge in [0.1, 0.15) is 6.04 Å². The molecule has 0 radical (unpaired) electrons. The largest absolute Gasteiger partial charge is 0.357 e. The van der Waals surface area contributed by atoms with Crippen molar-refractivity contribution in [3.05, 3.63) is 29.8 Å². The summed E-state index contributed by atoms with van der Waals surface area (Å²) in [7, 11) is 1.49. The molecular weight excluding hydrogens is 249 g/mol. The van der Waals surface area contributed by atoms with Gasteiger partial charge in [-0.25, -0.2) is 4.98 Å². The number of aromatic nitrogens is 1. The van der Waals surface area contributed by atoms with Gasteiger partial charge in [-0.2, -0.15) is 4.39 Å². The number of amides is 2. The minimum Gasteiger partial charge on any atom is -0.357 e. The lowest BCUT2D eigenvalue weighted by Crippen LogP contribution is -2.46. The van der Waals surface area contributed by atoms with E-state index in [9.17, 15) is 14.0 Å². The van der Waals surface area contributed by atoms with E-state index in [1.165, 1.54) is 25.4 Å². The van der Waals surface area contributed by atoms with Crippen molar-refractivity contribution < 1.29 is 14.0 Å². The summed E-state index contributed by atoms with van der Waals surface area (Å²) in [6.07, 6.45) is 1.74. The molecule has 19 heavy (non-hydrogen) atoms. The van der Waals surface area contributed by atoms with Crippen molar-refractivity contribution in [1.82, 2.24) is 15.6 Å². The van der Waals surface area contributed by atoms with Crippen LogP contribution in [0.2, 0.25) is 0 Å². The van der Waals surface area contributed by atoms with Gasteiger partial charge in [-0.15, -0.1) is 0 Å². The van der Waals surface area contributed by atoms with Crippen LogP contribution in [0.25, 0.3) is 0 Å². The first-order valence-electron chi connectivity index (χ1n) is 6.08. The Labute approximate surface area is 111 Å². The zero-order valence-corrected chi connectivity index (χ0v) is 11.2. The van der Waals surface area contributed by atoms with Crippen LogP contribution in [0.5, 0.6) is 0 Å². The molecule has 1 heterocycles. The van der Waals surface area contributed by atoms with Crippen LogP contribution in [0.3, 0.4) is 0 Å². The number of hydrogen-bond acceptors (Lipinski definition) is 3. The van der Waals surface area contributed by atoms with Gasteiger partial charge < -0.3 is 10.6 Å². The van der Waals surface area contributed by atoms with Crippen LogP contribution in [-0.4, -0.2) is 29.9 Å². The van der Waals surface area contributed by atoms with Crippen LogP contribution in [0.4, 0.5) is 4.39 Å². The average Bonchev–Trinajstić information content (AvgIpc) is 2.36. The van der Waals surface area contributed by atoms with E-state index < -0.39 is 17.9 Å². The molecule has 5 nitrogen and oxygen atoms in total. The molecule has 6 heteroatoms. The summed E-state index contributed by atoms with van der Waals surface area (Å²) in [5, 5.41) is 5.00. The molecule has 0 saturated heterocycles. The second-order valence-electron chi connectivity index (χ2n) is 4.61. The highest BCUT2D eigenvalue weighted by Gasteiger charge is 2.22. The molecule has 0 bridgehead atoms. The first kappa shape index (κ1) is 15.1. The third-order valence-electron chi connectivity index (χ3n) is 2.58. The van der Waals surface area contributed by atoms with Crippen LogP contribution >= 0.6 is 0 Å². The van der Waals surface area contributed by atoms with E-state index in [-0.39, 0.29) is 17.4 Å². The first-order chi connectivity index (χ1) is 8.95. The van der Waals surface area contributed by atoms with Crippen molar-refractivity contribution in [1.29, 1.82) is 0 Å². The summed E-state index contributed by atoms with van der Waals surface area (Å²) < 4.78 is 13.4. The van der Waals surface area contributed by atoms with Gasteiger partial charge in [0.2, 0.25) is 11.9 Å². The van der Waals surface area contributed by atoms with Crippen molar-refractivity contribution in [3.63, 3.8) is 0 Å². The Balaban J connectivity index is 2.82. The summed E-state index contributed by atoms with van der Waals surface area (Å²) in [6.45, 7) is 3.87. The van der Waals surface area contributed by atoms with E-state index in [1.807, 2.05) is 13.8 Å². The topological polar surface area (TPSA) is 71.1 Å². The lowest BCUT2D eigenvalue weighted by molar-refractivity contribution is -0.122. The predicted octanol–water partition coefficient (Wildman–Crippen LogP) is 1.11. The lowest BCUT2D eigenvalue weighted by Gasteiger charge is -2.19. The number of carbonyl (C=O) groups is 2. The number of rotatable bonds is 5. The van der Waals surface area contributed by atoms with Crippen molar-refractivity contribution >= 4 is 11.8 Å². The van der Waals surface area contributed by atoms with Crippen LogP contribution < -0.4 is 10.6 Å². The molecular formula is C13H18FN3O2. The average molecular weight is 267 g/mol. The zero-order valence-electron chi connectivity index (χ0n) is 11.2. The Hall–Kier alpha value is -1.98. The number of halogens is 1. The van der Waals surface area contributed by atoms with Gasteiger partial charge in [0.25, 0.3) is 5.91 Å². The molecule has 1 rings (SSSR count). The van der Waals surface area contributed by atoms with Crippen LogP contribution in [0.15, 0.2) is 18.3 Å². The number of nitrogens with zero attached hydrogens (tertiary/aromatic N) is 1. The second-order valence-corrected chi connectivity index (χ2v) is 4.61. The number of carbonyl (C=O) groups excluding carboxylic acids is 2. The Bertz CT molecular complexity index is 463. The molecule has 2 N–H and O–H groups in total. The molecule has 1 aromatic rings. The summed E-state index contributed by atoms with van der Waals surface area (Å²) in [4.78, 5) is 27.0. The molecule has 1 unspecified atom stereocenters. The molecule has 0 aliphatic carbocycles. The highest BCUT2D eigenvalue weighted by atomic mass is 19.1. The number of nitrogens with one attached hydrogen (secondary N) is 2. The van der Waals surface area contributed by atoms with Crippen LogP contribution in [-0.2, 0) is 4.79 Å². The summed E-state index contributed by atoms with van der Waals surface area (Å²) in [6, 6.07) is 2.11. The molecule has 2 amide bonds. The molecule has 1 atom stereocenters. The van der Waals surface area contributed by atoms with Crippen molar-refractivity contribution in [2.24, 2.45) is 5.92 Å². The van der Waals surface area contributed by atoms with E-state index in [0.717, 1.165) is 0 Å². The summed E-state index contributed by atoms with van der Waals surface area (Å²) in [5.74, 6) is -1.56. The van der Waals surface area contributed by atoms with Crippen molar-refractivity contribution in [3.8, 4) is 0 Å². The van der Waals surface area contributed by atoms with Gasteiger partial charge in [0, 0.05) is 13.2 Å². The lowest BCUT2D eigenvalue weighted by atomic mass is 10.0. The zero-order chi connectivity index (χ0) is 14.4. The normalized spacial score (nSPS) is 12.1. The van der Waals surface area contributed by atoms with E-state index in [2.05, 4.69) is 15.6 Å². The first-order valence-corrected chi connectivity index (χ1v) is 6.08. The summed E-state index contributed by atoms with van der Waals surface area (Å²) in [5.41, 5.74) is -0.167. The highest BCUT2D eigenvalue weighted by molar-refractivity contribution is 5.97. The third-order valence-corrected chi connectivity index (χ3v) is 2.58. The standard InChI is InChI=1S/C13H18FN3O2/c1-8(2)7-10(13(19)15-3)17-12(18)9-5-4-6-16-11(9)14/h4-6,8,10H,7H2,1-3H3,(H,15,19)(H,17,18). The molecule has 0 fully saturated rings. The molecule has 0 aromatic carbocycles. The maximum Gasteiger partial charge on any atom is 0.256 e.